The smallest absolute Gasteiger partial charge is 0.305 e. The number of ketones is 1. The number of aromatic nitrogens is 2. The molecule has 1 aromatic heterocycles. The standard InChI is InChI=1S/C18H21BrN4O3/c1-3-26-16(25)5-4-10-20-17-15(19)11-21-18(23-17)22-14-8-6-13(7-9-14)12(2)24/h6-9,11H,3-5,10H2,1-2H3,(H2,20,21,22,23). The average molecular weight is 421 g/mol. The van der Waals surface area contributed by atoms with Gasteiger partial charge < -0.3 is 15.4 Å². The van der Waals surface area contributed by atoms with E-state index >= 15 is 0 Å². The lowest BCUT2D eigenvalue weighted by Gasteiger charge is -2.10. The van der Waals surface area contributed by atoms with Gasteiger partial charge in [-0.3, -0.25) is 9.59 Å². The molecule has 0 fully saturated rings. The Balaban J connectivity index is 1.93. The summed E-state index contributed by atoms with van der Waals surface area (Å²) in [6, 6.07) is 7.10. The Morgan fingerprint density at radius 3 is 2.62 bits per heavy atom. The molecule has 2 aromatic rings. The molecule has 2 rings (SSSR count). The number of ether oxygens (including phenoxy) is 1. The molecule has 0 aliphatic heterocycles. The molecule has 8 heteroatoms. The fourth-order valence-corrected chi connectivity index (χ4v) is 2.47. The third-order valence-electron chi connectivity index (χ3n) is 3.45. The lowest BCUT2D eigenvalue weighted by molar-refractivity contribution is -0.143. The van der Waals surface area contributed by atoms with Gasteiger partial charge in [0, 0.05) is 30.4 Å². The first kappa shape index (κ1) is 19.8. The molecule has 0 bridgehead atoms. The first-order valence-corrected chi connectivity index (χ1v) is 9.09. The van der Waals surface area contributed by atoms with Crippen molar-refractivity contribution in [3.05, 3.63) is 40.5 Å². The van der Waals surface area contributed by atoms with E-state index in [2.05, 4.69) is 36.5 Å². The normalized spacial score (nSPS) is 10.3. The van der Waals surface area contributed by atoms with Crippen LogP contribution in [0.3, 0.4) is 0 Å². The highest BCUT2D eigenvalue weighted by Gasteiger charge is 2.07. The lowest BCUT2D eigenvalue weighted by Crippen LogP contribution is -2.10. The van der Waals surface area contributed by atoms with Crippen LogP contribution in [0.4, 0.5) is 17.5 Å². The molecule has 7 nitrogen and oxygen atoms in total. The highest BCUT2D eigenvalue weighted by molar-refractivity contribution is 9.10. The van der Waals surface area contributed by atoms with E-state index in [0.29, 0.717) is 43.3 Å². The summed E-state index contributed by atoms with van der Waals surface area (Å²) in [5.74, 6) is 0.876. The second-order valence-corrected chi connectivity index (χ2v) is 6.34. The fourth-order valence-electron chi connectivity index (χ4n) is 2.14. The summed E-state index contributed by atoms with van der Waals surface area (Å²) in [5.41, 5.74) is 1.43. The number of hydrogen-bond donors (Lipinski definition) is 2. The number of nitrogens with one attached hydrogen (secondary N) is 2. The summed E-state index contributed by atoms with van der Waals surface area (Å²) in [4.78, 5) is 31.3. The molecule has 1 aromatic carbocycles. The SMILES string of the molecule is CCOC(=O)CCCNc1nc(Nc2ccc(C(C)=O)cc2)ncc1Br. The van der Waals surface area contributed by atoms with Crippen molar-refractivity contribution in [2.45, 2.75) is 26.7 Å². The fraction of sp³-hybridized carbons (Fsp3) is 0.333. The van der Waals surface area contributed by atoms with E-state index in [9.17, 15) is 9.59 Å². The van der Waals surface area contributed by atoms with Crippen LogP contribution in [0.25, 0.3) is 0 Å². The predicted octanol–water partition coefficient (Wildman–Crippen LogP) is 3.94. The Labute approximate surface area is 160 Å². The minimum atomic E-state index is -0.201. The highest BCUT2D eigenvalue weighted by atomic mass is 79.9. The number of carbonyl (C=O) groups is 2. The lowest BCUT2D eigenvalue weighted by atomic mass is 10.1. The summed E-state index contributed by atoms with van der Waals surface area (Å²) < 4.78 is 5.62. The molecule has 1 heterocycles. The van der Waals surface area contributed by atoms with E-state index in [1.54, 1.807) is 37.4 Å². The number of esters is 1. The van der Waals surface area contributed by atoms with Crippen LogP contribution in [0.5, 0.6) is 0 Å². The van der Waals surface area contributed by atoms with Gasteiger partial charge in [0.15, 0.2) is 5.78 Å². The number of anilines is 3. The number of nitrogens with zero attached hydrogens (tertiary/aromatic N) is 2. The number of halogens is 1. The summed E-state index contributed by atoms with van der Waals surface area (Å²) in [6.07, 6.45) is 2.65. The van der Waals surface area contributed by atoms with Gasteiger partial charge >= 0.3 is 5.97 Å². The van der Waals surface area contributed by atoms with Crippen molar-refractivity contribution in [3.8, 4) is 0 Å². The van der Waals surface area contributed by atoms with Crippen molar-refractivity contribution in [2.24, 2.45) is 0 Å². The number of Topliss-reactive ketones (excluding diaryl/α,β-unsaturated/α-hetero) is 1. The molecule has 138 valence electrons. The highest BCUT2D eigenvalue weighted by Crippen LogP contribution is 2.22. The molecule has 26 heavy (non-hydrogen) atoms. The van der Waals surface area contributed by atoms with Crippen LogP contribution in [0.15, 0.2) is 34.9 Å². The van der Waals surface area contributed by atoms with Crippen molar-refractivity contribution in [1.82, 2.24) is 9.97 Å². The summed E-state index contributed by atoms with van der Waals surface area (Å²) in [7, 11) is 0. The number of hydrogen-bond acceptors (Lipinski definition) is 7. The largest absolute Gasteiger partial charge is 0.466 e. The van der Waals surface area contributed by atoms with E-state index in [4.69, 9.17) is 4.74 Å². The minimum Gasteiger partial charge on any atom is -0.466 e. The second kappa shape index (κ2) is 9.86. The van der Waals surface area contributed by atoms with Crippen LogP contribution in [-0.2, 0) is 9.53 Å². The number of carbonyl (C=O) groups excluding carboxylic acids is 2. The average Bonchev–Trinajstić information content (AvgIpc) is 2.62. The third kappa shape index (κ3) is 6.11. The predicted molar refractivity (Wildman–Crippen MR) is 104 cm³/mol. The Morgan fingerprint density at radius 2 is 1.96 bits per heavy atom. The molecule has 0 radical (unpaired) electrons. The van der Waals surface area contributed by atoms with Gasteiger partial charge in [0.05, 0.1) is 11.1 Å². The van der Waals surface area contributed by atoms with Crippen LogP contribution in [-0.4, -0.2) is 34.9 Å². The van der Waals surface area contributed by atoms with Crippen molar-refractivity contribution in [2.75, 3.05) is 23.8 Å². The maximum Gasteiger partial charge on any atom is 0.305 e. The Kier molecular flexibility index (Phi) is 7.53. The minimum absolute atomic E-state index is 0.0192. The van der Waals surface area contributed by atoms with Gasteiger partial charge in [-0.05, 0) is 60.5 Å². The maximum absolute atomic E-state index is 11.3. The van der Waals surface area contributed by atoms with Gasteiger partial charge in [-0.25, -0.2) is 4.98 Å². The van der Waals surface area contributed by atoms with Gasteiger partial charge in [0.1, 0.15) is 5.82 Å². The molecule has 0 aliphatic carbocycles. The monoisotopic (exact) mass is 420 g/mol. The van der Waals surface area contributed by atoms with Gasteiger partial charge in [-0.1, -0.05) is 0 Å². The van der Waals surface area contributed by atoms with Crippen molar-refractivity contribution < 1.29 is 14.3 Å². The number of benzene rings is 1. The zero-order valence-corrected chi connectivity index (χ0v) is 16.3. The maximum atomic E-state index is 11.3. The summed E-state index contributed by atoms with van der Waals surface area (Å²) in [5, 5.41) is 6.26. The van der Waals surface area contributed by atoms with Crippen LogP contribution >= 0.6 is 15.9 Å². The van der Waals surface area contributed by atoms with Crippen LogP contribution in [0.2, 0.25) is 0 Å². The second-order valence-electron chi connectivity index (χ2n) is 5.48. The van der Waals surface area contributed by atoms with E-state index in [1.807, 2.05) is 0 Å². The van der Waals surface area contributed by atoms with E-state index < -0.39 is 0 Å². The summed E-state index contributed by atoms with van der Waals surface area (Å²) >= 11 is 3.40. The molecule has 0 saturated heterocycles. The first-order chi connectivity index (χ1) is 12.5. The molecule has 0 spiro atoms. The molecular formula is C18H21BrN4O3. The third-order valence-corrected chi connectivity index (χ3v) is 4.03. The van der Waals surface area contributed by atoms with E-state index in [0.717, 1.165) is 10.2 Å². The topological polar surface area (TPSA) is 93.2 Å². The van der Waals surface area contributed by atoms with Crippen LogP contribution < -0.4 is 10.6 Å². The van der Waals surface area contributed by atoms with E-state index in [1.165, 1.54) is 6.92 Å². The quantitative estimate of drug-likeness (QED) is 0.360. The Hall–Kier alpha value is -2.48. The van der Waals surface area contributed by atoms with Crippen molar-refractivity contribution in [3.63, 3.8) is 0 Å². The zero-order chi connectivity index (χ0) is 18.9. The molecule has 0 unspecified atom stereocenters. The van der Waals surface area contributed by atoms with Crippen molar-refractivity contribution >= 4 is 45.1 Å². The Bertz CT molecular complexity index is 766. The molecule has 0 atom stereocenters. The molecule has 0 amide bonds. The van der Waals surface area contributed by atoms with Crippen LogP contribution in [0.1, 0.15) is 37.0 Å². The van der Waals surface area contributed by atoms with Crippen molar-refractivity contribution in [1.29, 1.82) is 0 Å². The van der Waals surface area contributed by atoms with Gasteiger partial charge in [0.25, 0.3) is 0 Å². The first-order valence-electron chi connectivity index (χ1n) is 8.29. The van der Waals surface area contributed by atoms with E-state index in [-0.39, 0.29) is 11.8 Å². The molecule has 0 saturated carbocycles. The van der Waals surface area contributed by atoms with Crippen LogP contribution in [0, 0.1) is 0 Å². The number of rotatable bonds is 9. The Morgan fingerprint density at radius 1 is 1.23 bits per heavy atom. The van der Waals surface area contributed by atoms with Gasteiger partial charge in [-0.15, -0.1) is 0 Å². The summed E-state index contributed by atoms with van der Waals surface area (Å²) in [6.45, 7) is 4.30. The molecular weight excluding hydrogens is 400 g/mol. The molecule has 2 N–H and O–H groups in total. The van der Waals surface area contributed by atoms with Gasteiger partial charge in [-0.2, -0.15) is 4.98 Å². The van der Waals surface area contributed by atoms with Gasteiger partial charge in [0.2, 0.25) is 5.95 Å². The molecule has 0 aliphatic rings. The zero-order valence-electron chi connectivity index (χ0n) is 14.7.